The Morgan fingerprint density at radius 1 is 1.30 bits per heavy atom. The number of hydrogen-bond donors (Lipinski definition) is 1. The zero-order valence-electron chi connectivity index (χ0n) is 15.0. The van der Waals surface area contributed by atoms with Gasteiger partial charge in [-0.3, -0.25) is 0 Å². The third kappa shape index (κ3) is 1.70. The second-order valence-corrected chi connectivity index (χ2v) is 8.09. The number of allylic oxidation sites excluding steroid dienone is 2. The van der Waals surface area contributed by atoms with E-state index in [2.05, 4.69) is 39.8 Å². The van der Waals surface area contributed by atoms with Gasteiger partial charge in [-0.25, -0.2) is 0 Å². The molecule has 126 valence electrons. The van der Waals surface area contributed by atoms with Crippen LogP contribution in [0.3, 0.4) is 0 Å². The minimum absolute atomic E-state index is 0.00643. The van der Waals surface area contributed by atoms with E-state index >= 15 is 0 Å². The topological polar surface area (TPSA) is 46.5 Å². The fourth-order valence-electron chi connectivity index (χ4n) is 5.86. The lowest BCUT2D eigenvalue weighted by molar-refractivity contribution is -0.123. The van der Waals surface area contributed by atoms with Crippen molar-refractivity contribution in [1.29, 1.82) is 0 Å². The zero-order chi connectivity index (χ0) is 17.2. The van der Waals surface area contributed by atoms with Crippen LogP contribution in [0.2, 0.25) is 0 Å². The molecule has 3 aliphatic rings. The summed E-state index contributed by atoms with van der Waals surface area (Å²) < 4.78 is 6.52. The Kier molecular flexibility index (Phi) is 3.55. The van der Waals surface area contributed by atoms with Crippen LogP contribution < -0.4 is 0 Å². The Morgan fingerprint density at radius 2 is 1.96 bits per heavy atom. The van der Waals surface area contributed by atoms with Crippen LogP contribution in [0.1, 0.15) is 41.5 Å². The minimum Gasteiger partial charge on any atom is -0.395 e. The third-order valence-electron chi connectivity index (χ3n) is 6.91. The molecule has 6 atom stereocenters. The molecule has 0 bridgehead atoms. The fourth-order valence-corrected chi connectivity index (χ4v) is 5.86. The summed E-state index contributed by atoms with van der Waals surface area (Å²) in [5.41, 5.74) is 2.24. The quantitative estimate of drug-likeness (QED) is 0.641. The first-order chi connectivity index (χ1) is 10.7. The summed E-state index contributed by atoms with van der Waals surface area (Å²) in [5.74, 6) is -0.0224. The fraction of sp³-hybridized carbons (Fsp3) is 0.650. The van der Waals surface area contributed by atoms with Crippen molar-refractivity contribution < 1.29 is 14.6 Å². The highest BCUT2D eigenvalue weighted by Gasteiger charge is 2.71. The van der Waals surface area contributed by atoms with E-state index in [0.717, 1.165) is 11.9 Å². The number of rotatable bonds is 3. The SMILES string of the molecule is C/C=C(\C)[C@H]1OC2C(C)=CC(C=O)(CO)[C@@H]3C(C)=C[C@@]1(C)[C@]23C. The molecule has 1 aliphatic heterocycles. The van der Waals surface area contributed by atoms with Crippen LogP contribution in [0.5, 0.6) is 0 Å². The van der Waals surface area contributed by atoms with Gasteiger partial charge >= 0.3 is 0 Å². The smallest absolute Gasteiger partial charge is 0.132 e. The van der Waals surface area contributed by atoms with Crippen molar-refractivity contribution in [3.8, 4) is 0 Å². The van der Waals surface area contributed by atoms with Gasteiger partial charge in [0.2, 0.25) is 0 Å². The molecular formula is C20H28O3. The first-order valence-corrected chi connectivity index (χ1v) is 8.46. The Morgan fingerprint density at radius 3 is 2.48 bits per heavy atom. The van der Waals surface area contributed by atoms with Crippen molar-refractivity contribution in [3.05, 3.63) is 34.9 Å². The van der Waals surface area contributed by atoms with E-state index in [1.807, 2.05) is 19.9 Å². The van der Waals surface area contributed by atoms with E-state index in [-0.39, 0.29) is 35.6 Å². The molecule has 0 spiro atoms. The third-order valence-corrected chi connectivity index (χ3v) is 6.91. The van der Waals surface area contributed by atoms with E-state index in [1.54, 1.807) is 0 Å². The van der Waals surface area contributed by atoms with E-state index in [1.165, 1.54) is 11.1 Å². The molecule has 0 aromatic carbocycles. The second kappa shape index (κ2) is 4.90. The summed E-state index contributed by atoms with van der Waals surface area (Å²) in [6.45, 7) is 12.6. The van der Waals surface area contributed by atoms with Gasteiger partial charge < -0.3 is 14.6 Å². The maximum absolute atomic E-state index is 12.0. The summed E-state index contributed by atoms with van der Waals surface area (Å²) in [5, 5.41) is 10.1. The Hall–Kier alpha value is -1.19. The van der Waals surface area contributed by atoms with E-state index in [4.69, 9.17) is 4.74 Å². The van der Waals surface area contributed by atoms with Crippen LogP contribution >= 0.6 is 0 Å². The van der Waals surface area contributed by atoms with Gasteiger partial charge in [-0.15, -0.1) is 0 Å². The molecule has 2 aliphatic carbocycles. The van der Waals surface area contributed by atoms with Gasteiger partial charge in [0, 0.05) is 16.7 Å². The molecule has 0 aromatic rings. The van der Waals surface area contributed by atoms with E-state index < -0.39 is 5.41 Å². The van der Waals surface area contributed by atoms with Crippen LogP contribution in [0.4, 0.5) is 0 Å². The first-order valence-electron chi connectivity index (χ1n) is 8.46. The minimum atomic E-state index is -0.838. The Balaban J connectivity index is 2.27. The predicted molar refractivity (Wildman–Crippen MR) is 90.9 cm³/mol. The Bertz CT molecular complexity index is 643. The van der Waals surface area contributed by atoms with Gasteiger partial charge in [0.25, 0.3) is 0 Å². The number of aliphatic hydroxyl groups excluding tert-OH is 1. The first kappa shape index (κ1) is 16.7. The van der Waals surface area contributed by atoms with Crippen molar-refractivity contribution in [3.63, 3.8) is 0 Å². The van der Waals surface area contributed by atoms with Crippen molar-refractivity contribution >= 4 is 6.29 Å². The summed E-state index contributed by atoms with van der Waals surface area (Å²) in [6.07, 6.45) is 7.30. The highest BCUT2D eigenvalue weighted by molar-refractivity contribution is 5.68. The van der Waals surface area contributed by atoms with Gasteiger partial charge in [-0.05, 0) is 38.8 Å². The Labute approximate surface area is 139 Å². The normalized spacial score (nSPS) is 48.8. The molecule has 3 nitrogen and oxygen atoms in total. The molecule has 0 radical (unpaired) electrons. The number of aliphatic hydroxyl groups is 1. The highest BCUT2D eigenvalue weighted by Crippen LogP contribution is 2.71. The molecule has 1 fully saturated rings. The van der Waals surface area contributed by atoms with Gasteiger partial charge in [0.1, 0.15) is 6.29 Å². The van der Waals surface area contributed by atoms with Crippen LogP contribution in [-0.2, 0) is 9.53 Å². The molecule has 2 unspecified atom stereocenters. The van der Waals surface area contributed by atoms with Gasteiger partial charge in [-0.1, -0.05) is 37.6 Å². The molecule has 1 saturated heterocycles. The molecule has 3 rings (SSSR count). The number of hydrogen-bond acceptors (Lipinski definition) is 3. The monoisotopic (exact) mass is 316 g/mol. The average molecular weight is 316 g/mol. The lowest BCUT2D eigenvalue weighted by atomic mass is 9.50. The summed E-state index contributed by atoms with van der Waals surface area (Å²) in [7, 11) is 0. The largest absolute Gasteiger partial charge is 0.395 e. The highest BCUT2D eigenvalue weighted by atomic mass is 16.5. The number of ether oxygens (including phenoxy) is 1. The van der Waals surface area contributed by atoms with Gasteiger partial charge in [0.15, 0.2) is 0 Å². The predicted octanol–water partition coefficient (Wildman–Crippen LogP) is 3.45. The van der Waals surface area contributed by atoms with Gasteiger partial charge in [0.05, 0.1) is 24.2 Å². The van der Waals surface area contributed by atoms with Crippen molar-refractivity contribution in [2.45, 2.75) is 53.8 Å². The molecule has 1 heterocycles. The summed E-state index contributed by atoms with van der Waals surface area (Å²) in [4.78, 5) is 12.0. The second-order valence-electron chi connectivity index (χ2n) is 8.09. The van der Waals surface area contributed by atoms with Crippen LogP contribution in [0, 0.1) is 22.2 Å². The lowest BCUT2D eigenvalue weighted by Crippen LogP contribution is -2.54. The lowest BCUT2D eigenvalue weighted by Gasteiger charge is -2.51. The van der Waals surface area contributed by atoms with Crippen molar-refractivity contribution in [2.24, 2.45) is 22.2 Å². The van der Waals surface area contributed by atoms with Crippen molar-refractivity contribution in [2.75, 3.05) is 6.61 Å². The maximum Gasteiger partial charge on any atom is 0.132 e. The standard InChI is InChI=1S/C20H28O3/c1-7-12(2)16-18(5)8-13(3)15-19(18,6)17(23-16)14(4)9-20(15,10-21)11-22/h7-10,15-17,22H,11H2,1-6H3/b12-7+/t15-,16-,17?,18-,19+,20?/m1/s1. The van der Waals surface area contributed by atoms with E-state index in [9.17, 15) is 9.90 Å². The summed E-state index contributed by atoms with van der Waals surface area (Å²) in [6, 6.07) is 0. The van der Waals surface area contributed by atoms with Crippen LogP contribution in [0.15, 0.2) is 34.9 Å². The number of aldehydes is 1. The summed E-state index contributed by atoms with van der Waals surface area (Å²) >= 11 is 0. The van der Waals surface area contributed by atoms with Gasteiger partial charge in [-0.2, -0.15) is 0 Å². The van der Waals surface area contributed by atoms with E-state index in [0.29, 0.717) is 0 Å². The molecular weight excluding hydrogens is 288 g/mol. The molecule has 0 saturated carbocycles. The maximum atomic E-state index is 12.0. The molecule has 1 N–H and O–H groups in total. The van der Waals surface area contributed by atoms with Crippen molar-refractivity contribution in [1.82, 2.24) is 0 Å². The van der Waals surface area contributed by atoms with Crippen LogP contribution in [0.25, 0.3) is 0 Å². The molecule has 0 aromatic heterocycles. The zero-order valence-corrected chi connectivity index (χ0v) is 15.0. The average Bonchev–Trinajstić information content (AvgIpc) is 2.87. The number of carbonyl (C=O) groups is 1. The molecule has 3 heteroatoms. The molecule has 0 amide bonds. The molecule has 23 heavy (non-hydrogen) atoms. The number of carbonyl (C=O) groups excluding carboxylic acids is 1. The van der Waals surface area contributed by atoms with Crippen LogP contribution in [-0.4, -0.2) is 30.2 Å².